The van der Waals surface area contributed by atoms with E-state index in [0.717, 1.165) is 37.0 Å². The van der Waals surface area contributed by atoms with Crippen LogP contribution in [0.15, 0.2) is 97.8 Å². The Morgan fingerprint density at radius 3 is 1.54 bits per heavy atom. The van der Waals surface area contributed by atoms with Crippen LogP contribution in [0.3, 0.4) is 0 Å². The Kier molecular flexibility index (Phi) is 26.2. The Labute approximate surface area is 288 Å². The fourth-order valence-corrected chi connectivity index (χ4v) is 3.85. The summed E-state index contributed by atoms with van der Waals surface area (Å²) in [6.45, 7) is 13.8. The number of carboxylic acid groups (broad SMARTS) is 2. The quantitative estimate of drug-likeness (QED) is 0.0534. The van der Waals surface area contributed by atoms with Crippen molar-refractivity contribution in [3.63, 3.8) is 0 Å². The number of nitrogens with zero attached hydrogens (tertiary/aromatic N) is 2. The number of unbranched alkanes of at least 4 members (excludes halogenated alkanes) is 4. The number of H-pyrrole nitrogens is 2. The topological polar surface area (TPSA) is 185 Å². The van der Waals surface area contributed by atoms with Gasteiger partial charge >= 0.3 is 23.9 Å². The summed E-state index contributed by atoms with van der Waals surface area (Å²) in [6, 6.07) is 6.60. The van der Waals surface area contributed by atoms with E-state index < -0.39 is 11.9 Å². The normalized spacial score (nSPS) is 9.19. The van der Waals surface area contributed by atoms with Crippen LogP contribution < -0.4 is 0 Å². The number of aromatic nitrogens is 4. The first-order valence-electron chi connectivity index (χ1n) is 14.9. The van der Waals surface area contributed by atoms with Crippen molar-refractivity contribution in [2.75, 3.05) is 13.2 Å². The number of aromatic amines is 2. The lowest BCUT2D eigenvalue weighted by molar-refractivity contribution is 0.0488. The first-order chi connectivity index (χ1) is 23.2. The highest BCUT2D eigenvalue weighted by Crippen LogP contribution is 2.06. The molecule has 0 amide bonds. The molecule has 0 unspecified atom stereocenters. The third-order valence-electron chi connectivity index (χ3n) is 5.20. The van der Waals surface area contributed by atoms with E-state index in [1.54, 1.807) is 53.6 Å². The van der Waals surface area contributed by atoms with Crippen molar-refractivity contribution in [2.45, 2.75) is 51.9 Å². The molecule has 0 aromatic carbocycles. The number of ether oxygens (including phenoxy) is 2. The van der Waals surface area contributed by atoms with E-state index in [1.807, 2.05) is 12.2 Å². The first-order valence-corrected chi connectivity index (χ1v) is 16.7. The zero-order chi connectivity index (χ0) is 35.8. The van der Waals surface area contributed by atoms with Crippen molar-refractivity contribution in [1.29, 1.82) is 0 Å². The summed E-state index contributed by atoms with van der Waals surface area (Å²) in [5, 5.41) is 20.4. The third-order valence-corrected chi connectivity index (χ3v) is 6.72. The number of allylic oxidation sites excluding steroid dienone is 3. The second kappa shape index (κ2) is 29.3. The number of carbonyl (C=O) groups is 4. The Balaban J connectivity index is 0.000000593. The van der Waals surface area contributed by atoms with E-state index in [2.05, 4.69) is 46.6 Å². The molecule has 0 aliphatic carbocycles. The second-order valence-corrected chi connectivity index (χ2v) is 10.8. The van der Waals surface area contributed by atoms with Crippen LogP contribution in [0.2, 0.25) is 0 Å². The highest BCUT2D eigenvalue weighted by molar-refractivity contribution is 7.11. The number of thiazole rings is 2. The SMILES string of the molecule is C=CCCCC.C=CCCCOC(=O)c1ccc[nH]1.C=CCCCOC(=O)c1nccs1.O=C(O)c1ccc[nH]1.O=C(O)c1nccs1. The van der Waals surface area contributed by atoms with Gasteiger partial charge in [0.25, 0.3) is 0 Å². The minimum absolute atomic E-state index is 0.144. The van der Waals surface area contributed by atoms with E-state index in [0.29, 0.717) is 23.9 Å². The van der Waals surface area contributed by atoms with E-state index in [9.17, 15) is 19.2 Å². The molecule has 12 nitrogen and oxygen atoms in total. The number of hydrogen-bond acceptors (Lipinski definition) is 10. The highest BCUT2D eigenvalue weighted by atomic mass is 32.1. The van der Waals surface area contributed by atoms with Crippen molar-refractivity contribution in [3.05, 3.63) is 119 Å². The van der Waals surface area contributed by atoms with Crippen LogP contribution >= 0.6 is 22.7 Å². The molecule has 0 aliphatic rings. The van der Waals surface area contributed by atoms with Gasteiger partial charge in [0.05, 0.1) is 13.2 Å². The molecule has 0 bridgehead atoms. The van der Waals surface area contributed by atoms with Crippen LogP contribution in [-0.4, -0.2) is 67.2 Å². The molecule has 4 rings (SSSR count). The summed E-state index contributed by atoms with van der Waals surface area (Å²) in [6.07, 6.45) is 19.0. The molecular formula is C34H44N4O8S2. The largest absolute Gasteiger partial charge is 0.477 e. The van der Waals surface area contributed by atoms with Gasteiger partial charge in [-0.2, -0.15) is 0 Å². The van der Waals surface area contributed by atoms with Gasteiger partial charge in [-0.25, -0.2) is 29.1 Å². The maximum atomic E-state index is 11.2. The number of nitrogens with one attached hydrogen (secondary N) is 2. The molecule has 0 aliphatic heterocycles. The molecule has 14 heteroatoms. The minimum Gasteiger partial charge on any atom is -0.477 e. The molecule has 4 aromatic rings. The molecule has 0 spiro atoms. The van der Waals surface area contributed by atoms with Gasteiger partial charge in [0.15, 0.2) is 0 Å². The van der Waals surface area contributed by atoms with Gasteiger partial charge in [0.2, 0.25) is 10.0 Å². The van der Waals surface area contributed by atoms with Gasteiger partial charge in [-0.05, 0) is 56.4 Å². The number of carbonyl (C=O) groups excluding carboxylic acids is 2. The molecule has 0 saturated carbocycles. The summed E-state index contributed by atoms with van der Waals surface area (Å²) in [4.78, 5) is 55.1. The summed E-state index contributed by atoms with van der Waals surface area (Å²) >= 11 is 2.41. The smallest absolute Gasteiger partial charge is 0.367 e. The monoisotopic (exact) mass is 700 g/mol. The van der Waals surface area contributed by atoms with Gasteiger partial charge in [-0.3, -0.25) is 0 Å². The van der Waals surface area contributed by atoms with Crippen LogP contribution in [0.25, 0.3) is 0 Å². The molecule has 0 saturated heterocycles. The van der Waals surface area contributed by atoms with Crippen molar-refractivity contribution in [2.24, 2.45) is 0 Å². The van der Waals surface area contributed by atoms with Gasteiger partial charge < -0.3 is 29.7 Å². The molecule has 0 radical (unpaired) electrons. The maximum absolute atomic E-state index is 11.2. The predicted octanol–water partition coefficient (Wildman–Crippen LogP) is 8.32. The third kappa shape index (κ3) is 22.4. The molecule has 260 valence electrons. The Hall–Kier alpha value is -5.08. The van der Waals surface area contributed by atoms with Gasteiger partial charge in [-0.1, -0.05) is 38.0 Å². The molecule has 4 aromatic heterocycles. The zero-order valence-electron chi connectivity index (χ0n) is 27.0. The van der Waals surface area contributed by atoms with E-state index in [1.165, 1.54) is 42.9 Å². The number of esters is 2. The summed E-state index contributed by atoms with van der Waals surface area (Å²) in [7, 11) is 0. The Bertz CT molecular complexity index is 1300. The summed E-state index contributed by atoms with van der Waals surface area (Å²) in [5.41, 5.74) is 0.726. The number of hydrogen-bond donors (Lipinski definition) is 4. The maximum Gasteiger partial charge on any atom is 0.367 e. The number of aromatic carboxylic acids is 2. The van der Waals surface area contributed by atoms with Gasteiger partial charge in [-0.15, -0.1) is 42.4 Å². The van der Waals surface area contributed by atoms with Crippen LogP contribution in [0.5, 0.6) is 0 Å². The molecule has 0 fully saturated rings. The summed E-state index contributed by atoms with van der Waals surface area (Å²) < 4.78 is 9.92. The average molecular weight is 701 g/mol. The average Bonchev–Trinajstić information content (AvgIpc) is 3.93. The second-order valence-electron chi connectivity index (χ2n) is 9.02. The standard InChI is InChI=1S/C10H13NO2.C9H11NO2S.C6H12.C5H5NO2.C4H3NO2S/c1-2-3-4-8-13-10(12)9-6-5-7-11-9;1-2-3-4-6-12-9(11)8-10-5-7-13-8;1-3-5-6-4-2;7-5(8)4-2-1-3-6-4;6-4(7)3-5-1-2-8-3/h2,5-7,11H,1,3-4,8H2;2,5,7H,1,3-4,6H2;3H,1,4-6H2,2H3;1-3,6H,(H,7,8);1-2H,(H,6,7). The van der Waals surface area contributed by atoms with Crippen molar-refractivity contribution in [3.8, 4) is 0 Å². The number of rotatable bonds is 15. The van der Waals surface area contributed by atoms with E-state index in [-0.39, 0.29) is 22.6 Å². The lowest BCUT2D eigenvalue weighted by Crippen LogP contribution is -2.06. The highest BCUT2D eigenvalue weighted by Gasteiger charge is 2.08. The fourth-order valence-electron chi connectivity index (χ4n) is 2.85. The van der Waals surface area contributed by atoms with Crippen LogP contribution in [0.1, 0.15) is 92.5 Å². The minimum atomic E-state index is -0.958. The lowest BCUT2D eigenvalue weighted by Gasteiger charge is -2.00. The first kappa shape index (κ1) is 42.9. The molecular weight excluding hydrogens is 657 g/mol. The van der Waals surface area contributed by atoms with Crippen molar-refractivity contribution >= 4 is 46.6 Å². The fraction of sp³-hybridized carbons (Fsp3) is 0.294. The lowest BCUT2D eigenvalue weighted by atomic mass is 10.3. The van der Waals surface area contributed by atoms with Crippen molar-refractivity contribution < 1.29 is 38.9 Å². The Morgan fingerprint density at radius 1 is 0.729 bits per heavy atom. The van der Waals surface area contributed by atoms with Crippen LogP contribution in [-0.2, 0) is 9.47 Å². The zero-order valence-corrected chi connectivity index (χ0v) is 28.7. The molecule has 4 heterocycles. The Morgan fingerprint density at radius 2 is 1.21 bits per heavy atom. The van der Waals surface area contributed by atoms with Gasteiger partial charge in [0, 0.05) is 35.5 Å². The predicted molar refractivity (Wildman–Crippen MR) is 189 cm³/mol. The summed E-state index contributed by atoms with van der Waals surface area (Å²) in [5.74, 6) is -2.51. The number of carboxylic acids is 2. The molecule has 48 heavy (non-hydrogen) atoms. The van der Waals surface area contributed by atoms with Crippen LogP contribution in [0.4, 0.5) is 0 Å². The van der Waals surface area contributed by atoms with E-state index >= 15 is 0 Å². The van der Waals surface area contributed by atoms with Crippen molar-refractivity contribution in [1.82, 2.24) is 19.9 Å². The molecule has 4 N–H and O–H groups in total. The van der Waals surface area contributed by atoms with Crippen LogP contribution in [0, 0.1) is 0 Å². The van der Waals surface area contributed by atoms with Gasteiger partial charge in [0.1, 0.15) is 11.4 Å². The molecule has 0 atom stereocenters. The van der Waals surface area contributed by atoms with E-state index in [4.69, 9.17) is 19.7 Å².